The van der Waals surface area contributed by atoms with Crippen LogP contribution in [0.5, 0.6) is 5.75 Å². The first-order valence-electron chi connectivity index (χ1n) is 9.65. The van der Waals surface area contributed by atoms with Gasteiger partial charge >= 0.3 is 0 Å². The number of carbonyl (C=O) groups is 3. The molecule has 29 heavy (non-hydrogen) atoms. The zero-order valence-electron chi connectivity index (χ0n) is 16.7. The van der Waals surface area contributed by atoms with Crippen LogP contribution in [0.2, 0.25) is 0 Å². The van der Waals surface area contributed by atoms with Gasteiger partial charge in [0.2, 0.25) is 5.91 Å². The molecule has 1 saturated heterocycles. The van der Waals surface area contributed by atoms with E-state index in [1.807, 2.05) is 13.0 Å². The molecule has 1 aromatic carbocycles. The Morgan fingerprint density at radius 3 is 2.48 bits per heavy atom. The fourth-order valence-electron chi connectivity index (χ4n) is 3.29. The van der Waals surface area contributed by atoms with Crippen LogP contribution in [0.15, 0.2) is 42.6 Å². The second-order valence-corrected chi connectivity index (χ2v) is 7.14. The summed E-state index contributed by atoms with van der Waals surface area (Å²) < 4.78 is 5.07. The maximum Gasteiger partial charge on any atom is 0.255 e. The molecule has 2 aromatic rings. The molecule has 0 radical (unpaired) electrons. The average molecular weight is 395 g/mol. The molecule has 7 heteroatoms. The van der Waals surface area contributed by atoms with Crippen molar-refractivity contribution in [2.45, 2.75) is 32.2 Å². The number of ketones is 1. The van der Waals surface area contributed by atoms with E-state index in [1.165, 1.54) is 0 Å². The van der Waals surface area contributed by atoms with Crippen LogP contribution < -0.4 is 10.1 Å². The number of aromatic nitrogens is 1. The molecule has 1 aliphatic heterocycles. The third kappa shape index (κ3) is 5.40. The lowest BCUT2D eigenvalue weighted by molar-refractivity contribution is -0.121. The fourth-order valence-corrected chi connectivity index (χ4v) is 3.29. The summed E-state index contributed by atoms with van der Waals surface area (Å²) in [6, 6.07) is 10.3. The quantitative estimate of drug-likeness (QED) is 0.727. The zero-order valence-corrected chi connectivity index (χ0v) is 16.7. The highest BCUT2D eigenvalue weighted by molar-refractivity contribution is 5.98. The van der Waals surface area contributed by atoms with Crippen molar-refractivity contribution in [3.05, 3.63) is 59.4 Å². The first-order valence-corrected chi connectivity index (χ1v) is 9.65. The van der Waals surface area contributed by atoms with Gasteiger partial charge in [-0.25, -0.2) is 0 Å². The molecule has 7 nitrogen and oxygen atoms in total. The molecule has 2 amide bonds. The molecule has 2 heterocycles. The number of rotatable bonds is 7. The highest BCUT2D eigenvalue weighted by atomic mass is 16.5. The van der Waals surface area contributed by atoms with Gasteiger partial charge in [0.05, 0.1) is 12.7 Å². The third-order valence-corrected chi connectivity index (χ3v) is 4.99. The van der Waals surface area contributed by atoms with Gasteiger partial charge in [-0.1, -0.05) is 0 Å². The van der Waals surface area contributed by atoms with Crippen molar-refractivity contribution in [2.24, 2.45) is 0 Å². The Morgan fingerprint density at radius 1 is 1.10 bits per heavy atom. The smallest absolute Gasteiger partial charge is 0.255 e. The van der Waals surface area contributed by atoms with Gasteiger partial charge < -0.3 is 15.0 Å². The largest absolute Gasteiger partial charge is 0.497 e. The lowest BCUT2D eigenvalue weighted by Gasteiger charge is -2.17. The highest BCUT2D eigenvalue weighted by Gasteiger charge is 2.28. The number of amides is 2. The summed E-state index contributed by atoms with van der Waals surface area (Å²) in [5, 5.41) is 2.93. The van der Waals surface area contributed by atoms with E-state index in [2.05, 4.69) is 10.3 Å². The molecule has 0 aliphatic carbocycles. The number of likely N-dealkylation sites (tertiary alicyclic amines) is 1. The number of hydrogen-bond donors (Lipinski definition) is 1. The van der Waals surface area contributed by atoms with Crippen molar-refractivity contribution in [1.29, 1.82) is 0 Å². The van der Waals surface area contributed by atoms with E-state index in [-0.39, 0.29) is 36.5 Å². The van der Waals surface area contributed by atoms with E-state index in [0.717, 1.165) is 5.69 Å². The number of methoxy groups -OCH3 is 1. The van der Waals surface area contributed by atoms with Crippen molar-refractivity contribution in [2.75, 3.05) is 20.2 Å². The van der Waals surface area contributed by atoms with Crippen LogP contribution in [0.1, 0.15) is 45.7 Å². The van der Waals surface area contributed by atoms with Gasteiger partial charge in [-0.3, -0.25) is 19.4 Å². The molecule has 1 atom stereocenters. The summed E-state index contributed by atoms with van der Waals surface area (Å²) in [5.74, 6) is 0.339. The first kappa shape index (κ1) is 20.5. The van der Waals surface area contributed by atoms with E-state index >= 15 is 0 Å². The standard InChI is InChI=1S/C22H25N3O4/c1-15-3-4-17(13-23-15)22(28)25-12-11-18(14-25)24-21(27)10-9-20(26)16-5-7-19(29-2)8-6-16/h3-8,13,18H,9-12,14H2,1-2H3,(H,24,27)/t18-/m1/s1. The van der Waals surface area contributed by atoms with Gasteiger partial charge in [-0.05, 0) is 49.7 Å². The Hall–Kier alpha value is -3.22. The number of Topliss-reactive ketones (excluding diaryl/α,β-unsaturated/α-hetero) is 1. The van der Waals surface area contributed by atoms with Crippen LogP contribution in [0, 0.1) is 6.92 Å². The Morgan fingerprint density at radius 2 is 1.83 bits per heavy atom. The molecule has 0 spiro atoms. The molecule has 1 aromatic heterocycles. The number of aryl methyl sites for hydroxylation is 1. The molecule has 0 saturated carbocycles. The predicted octanol–water partition coefficient (Wildman–Crippen LogP) is 2.39. The summed E-state index contributed by atoms with van der Waals surface area (Å²) in [7, 11) is 1.57. The summed E-state index contributed by atoms with van der Waals surface area (Å²) >= 11 is 0. The van der Waals surface area contributed by atoms with Crippen molar-refractivity contribution in [3.8, 4) is 5.75 Å². The van der Waals surface area contributed by atoms with E-state index in [4.69, 9.17) is 4.74 Å². The normalized spacial score (nSPS) is 15.8. The van der Waals surface area contributed by atoms with Gasteiger partial charge in [-0.15, -0.1) is 0 Å². The highest BCUT2D eigenvalue weighted by Crippen LogP contribution is 2.15. The van der Waals surface area contributed by atoms with Gasteiger partial charge in [0.25, 0.3) is 5.91 Å². The van der Waals surface area contributed by atoms with Crippen LogP contribution in [0.4, 0.5) is 0 Å². The number of nitrogens with one attached hydrogen (secondary N) is 1. The van der Waals surface area contributed by atoms with Crippen LogP contribution in [0.25, 0.3) is 0 Å². The summed E-state index contributed by atoms with van der Waals surface area (Å²) in [5.41, 5.74) is 1.97. The lowest BCUT2D eigenvalue weighted by atomic mass is 10.1. The number of benzene rings is 1. The molecule has 0 bridgehead atoms. The summed E-state index contributed by atoms with van der Waals surface area (Å²) in [6.45, 7) is 2.92. The topological polar surface area (TPSA) is 88.6 Å². The number of ether oxygens (including phenoxy) is 1. The van der Waals surface area contributed by atoms with Crippen LogP contribution >= 0.6 is 0 Å². The minimum absolute atomic E-state index is 0.0797. The molecule has 3 rings (SSSR count). The average Bonchev–Trinajstić information content (AvgIpc) is 3.20. The van der Waals surface area contributed by atoms with E-state index in [9.17, 15) is 14.4 Å². The van der Waals surface area contributed by atoms with E-state index < -0.39 is 0 Å². The Kier molecular flexibility index (Phi) is 6.59. The SMILES string of the molecule is COc1ccc(C(=O)CCC(=O)N[C@@H]2CCN(C(=O)c3ccc(C)nc3)C2)cc1. The van der Waals surface area contributed by atoms with Crippen molar-refractivity contribution in [3.63, 3.8) is 0 Å². The number of nitrogens with zero attached hydrogens (tertiary/aromatic N) is 2. The lowest BCUT2D eigenvalue weighted by Crippen LogP contribution is -2.38. The van der Waals surface area contributed by atoms with Gasteiger partial charge in [0, 0.05) is 49.4 Å². The number of pyridine rings is 1. The van der Waals surface area contributed by atoms with Crippen molar-refractivity contribution < 1.29 is 19.1 Å². The van der Waals surface area contributed by atoms with Gasteiger partial charge in [-0.2, -0.15) is 0 Å². The van der Waals surface area contributed by atoms with Crippen LogP contribution in [0.3, 0.4) is 0 Å². The van der Waals surface area contributed by atoms with E-state index in [0.29, 0.717) is 36.4 Å². The zero-order chi connectivity index (χ0) is 20.8. The molecule has 1 N–H and O–H groups in total. The summed E-state index contributed by atoms with van der Waals surface area (Å²) in [4.78, 5) is 42.9. The van der Waals surface area contributed by atoms with Crippen molar-refractivity contribution in [1.82, 2.24) is 15.2 Å². The Balaban J connectivity index is 1.44. The molecular formula is C22H25N3O4. The van der Waals surface area contributed by atoms with Gasteiger partial charge in [0.1, 0.15) is 5.75 Å². The number of hydrogen-bond acceptors (Lipinski definition) is 5. The van der Waals surface area contributed by atoms with Crippen LogP contribution in [-0.4, -0.2) is 53.7 Å². The monoisotopic (exact) mass is 395 g/mol. The maximum atomic E-state index is 12.5. The van der Waals surface area contributed by atoms with Crippen molar-refractivity contribution >= 4 is 17.6 Å². The molecule has 152 valence electrons. The summed E-state index contributed by atoms with van der Waals surface area (Å²) in [6.07, 6.45) is 2.54. The molecule has 1 aliphatic rings. The molecular weight excluding hydrogens is 370 g/mol. The minimum Gasteiger partial charge on any atom is -0.497 e. The molecule has 1 fully saturated rings. The van der Waals surface area contributed by atoms with E-state index in [1.54, 1.807) is 48.5 Å². The second-order valence-electron chi connectivity index (χ2n) is 7.14. The fraction of sp³-hybridized carbons (Fsp3) is 0.364. The first-order chi connectivity index (χ1) is 14.0. The second kappa shape index (κ2) is 9.32. The third-order valence-electron chi connectivity index (χ3n) is 4.99. The Labute approximate surface area is 170 Å². The van der Waals surface area contributed by atoms with Crippen LogP contribution in [-0.2, 0) is 4.79 Å². The predicted molar refractivity (Wildman–Crippen MR) is 108 cm³/mol. The van der Waals surface area contributed by atoms with Gasteiger partial charge in [0.15, 0.2) is 5.78 Å². The Bertz CT molecular complexity index is 878. The number of carbonyl (C=O) groups excluding carboxylic acids is 3. The molecule has 0 unspecified atom stereocenters. The minimum atomic E-state index is -0.178. The maximum absolute atomic E-state index is 12.5.